The summed E-state index contributed by atoms with van der Waals surface area (Å²) in [5.74, 6) is 1.42. The van der Waals surface area contributed by atoms with E-state index in [0.29, 0.717) is 30.1 Å². The van der Waals surface area contributed by atoms with Crippen molar-refractivity contribution < 1.29 is 14.3 Å². The van der Waals surface area contributed by atoms with Crippen LogP contribution < -0.4 is 9.47 Å². The molecule has 4 heteroatoms. The predicted octanol–water partition coefficient (Wildman–Crippen LogP) is 4.35. The quantitative estimate of drug-likeness (QED) is 0.396. The molecule has 3 rings (SSSR count). The number of ketones is 1. The van der Waals surface area contributed by atoms with Crippen LogP contribution in [0.3, 0.4) is 0 Å². The summed E-state index contributed by atoms with van der Waals surface area (Å²) in [6, 6.07) is 11.4. The number of nitrogens with zero attached hydrogens (tertiary/aromatic N) is 1. The van der Waals surface area contributed by atoms with Gasteiger partial charge in [-0.25, -0.2) is 0 Å². The second kappa shape index (κ2) is 8.69. The molecule has 4 nitrogen and oxygen atoms in total. The molecule has 0 bridgehead atoms. The number of fused-ring (bicyclic) bond motifs is 3. The number of likely N-dealkylation sites (N-methyl/N-ethyl adjacent to an activating group) is 1. The summed E-state index contributed by atoms with van der Waals surface area (Å²) in [4.78, 5) is 15.0. The summed E-state index contributed by atoms with van der Waals surface area (Å²) in [5.41, 5.74) is 3.25. The molecule has 1 aliphatic carbocycles. The summed E-state index contributed by atoms with van der Waals surface area (Å²) < 4.78 is 11.4. The lowest BCUT2D eigenvalue weighted by Gasteiger charge is -2.14. The van der Waals surface area contributed by atoms with Crippen molar-refractivity contribution in [2.45, 2.75) is 6.42 Å². The normalized spacial score (nSPS) is 11.9. The van der Waals surface area contributed by atoms with Crippen LogP contribution in [0.1, 0.15) is 22.3 Å². The predicted molar refractivity (Wildman–Crippen MR) is 109 cm³/mol. The fraction of sp³-hybridized carbons (Fsp3) is 0.261. The van der Waals surface area contributed by atoms with Crippen molar-refractivity contribution in [1.82, 2.24) is 4.90 Å². The Kier molecular flexibility index (Phi) is 6.09. The molecule has 0 amide bonds. The first-order valence-electron chi connectivity index (χ1n) is 9.13. The molecule has 0 aliphatic heterocycles. The molecule has 0 saturated heterocycles. The van der Waals surface area contributed by atoms with Gasteiger partial charge in [-0.05, 0) is 61.0 Å². The van der Waals surface area contributed by atoms with Crippen LogP contribution in [0.2, 0.25) is 0 Å². The third-order valence-corrected chi connectivity index (χ3v) is 4.52. The average Bonchev–Trinajstić information content (AvgIpc) is 2.95. The lowest BCUT2D eigenvalue weighted by molar-refractivity contribution is 0.104. The van der Waals surface area contributed by atoms with Crippen LogP contribution >= 0.6 is 0 Å². The summed E-state index contributed by atoms with van der Waals surface area (Å²) in [6.07, 6.45) is 4.49. The van der Waals surface area contributed by atoms with E-state index < -0.39 is 0 Å². The number of hydrogen-bond acceptors (Lipinski definition) is 4. The molecule has 0 N–H and O–H groups in total. The highest BCUT2D eigenvalue weighted by molar-refractivity contribution is 6.22. The Balaban J connectivity index is 1.67. The Morgan fingerprint density at radius 2 is 1.56 bits per heavy atom. The van der Waals surface area contributed by atoms with Gasteiger partial charge >= 0.3 is 0 Å². The summed E-state index contributed by atoms with van der Waals surface area (Å²) >= 11 is 0. The zero-order valence-electron chi connectivity index (χ0n) is 15.7. The van der Waals surface area contributed by atoms with Crippen LogP contribution in [0.5, 0.6) is 11.5 Å². The van der Waals surface area contributed by atoms with Gasteiger partial charge in [0.2, 0.25) is 0 Å². The summed E-state index contributed by atoms with van der Waals surface area (Å²) in [5, 5.41) is 0. The minimum Gasteiger partial charge on any atom is -0.494 e. The van der Waals surface area contributed by atoms with Crippen LogP contribution in [-0.4, -0.2) is 44.0 Å². The highest BCUT2D eigenvalue weighted by atomic mass is 16.5. The highest BCUT2D eigenvalue weighted by Gasteiger charge is 2.27. The van der Waals surface area contributed by atoms with Crippen molar-refractivity contribution in [3.05, 3.63) is 72.8 Å². The minimum absolute atomic E-state index is 0.0141. The second-order valence-corrected chi connectivity index (χ2v) is 6.60. The molecular weight excluding hydrogens is 338 g/mol. The smallest absolute Gasteiger partial charge is 0.194 e. The molecule has 140 valence electrons. The maximum atomic E-state index is 12.8. The van der Waals surface area contributed by atoms with Crippen molar-refractivity contribution >= 4 is 5.78 Å². The molecule has 27 heavy (non-hydrogen) atoms. The fourth-order valence-electron chi connectivity index (χ4n) is 3.21. The van der Waals surface area contributed by atoms with E-state index in [1.807, 2.05) is 36.4 Å². The molecule has 0 atom stereocenters. The fourth-order valence-corrected chi connectivity index (χ4v) is 3.21. The maximum absolute atomic E-state index is 12.8. The third kappa shape index (κ3) is 4.29. The average molecular weight is 363 g/mol. The number of rotatable bonds is 10. The maximum Gasteiger partial charge on any atom is 0.194 e. The SMILES string of the molecule is C=CCOc1ccc2c(c1)C(=O)c1cc(OCCCN(C)CC=C)ccc1-2. The monoisotopic (exact) mass is 363 g/mol. The van der Waals surface area contributed by atoms with Crippen LogP contribution in [0, 0.1) is 0 Å². The first-order valence-corrected chi connectivity index (χ1v) is 9.13. The van der Waals surface area contributed by atoms with E-state index in [1.54, 1.807) is 12.1 Å². The van der Waals surface area contributed by atoms with Crippen molar-refractivity contribution in [1.29, 1.82) is 0 Å². The lowest BCUT2D eigenvalue weighted by atomic mass is 10.1. The first kappa shape index (κ1) is 18.9. The largest absolute Gasteiger partial charge is 0.494 e. The number of carbonyl (C=O) groups excluding carboxylic acids is 1. The van der Waals surface area contributed by atoms with Gasteiger partial charge in [0.1, 0.15) is 18.1 Å². The van der Waals surface area contributed by atoms with E-state index in [9.17, 15) is 4.79 Å². The highest BCUT2D eigenvalue weighted by Crippen LogP contribution is 2.39. The van der Waals surface area contributed by atoms with E-state index in [-0.39, 0.29) is 5.78 Å². The molecule has 2 aromatic rings. The molecule has 0 fully saturated rings. The second-order valence-electron chi connectivity index (χ2n) is 6.60. The molecule has 0 spiro atoms. The van der Waals surface area contributed by atoms with E-state index in [0.717, 1.165) is 36.4 Å². The zero-order valence-corrected chi connectivity index (χ0v) is 15.7. The van der Waals surface area contributed by atoms with Crippen molar-refractivity contribution in [2.75, 3.05) is 33.4 Å². The van der Waals surface area contributed by atoms with E-state index >= 15 is 0 Å². The van der Waals surface area contributed by atoms with Gasteiger partial charge in [0, 0.05) is 24.2 Å². The van der Waals surface area contributed by atoms with Gasteiger partial charge in [-0.1, -0.05) is 18.7 Å². The van der Waals surface area contributed by atoms with Crippen LogP contribution in [0.4, 0.5) is 0 Å². The molecule has 0 aromatic heterocycles. The van der Waals surface area contributed by atoms with Gasteiger partial charge in [-0.3, -0.25) is 4.79 Å². The van der Waals surface area contributed by atoms with Gasteiger partial charge < -0.3 is 14.4 Å². The Bertz CT molecular complexity index is 857. The third-order valence-electron chi connectivity index (χ3n) is 4.52. The number of hydrogen-bond donors (Lipinski definition) is 0. The molecule has 0 saturated carbocycles. The lowest BCUT2D eigenvalue weighted by Crippen LogP contribution is -2.21. The van der Waals surface area contributed by atoms with Gasteiger partial charge in [-0.15, -0.1) is 6.58 Å². The molecule has 0 heterocycles. The summed E-state index contributed by atoms with van der Waals surface area (Å²) in [7, 11) is 2.06. The van der Waals surface area contributed by atoms with Gasteiger partial charge in [0.15, 0.2) is 5.78 Å². The van der Waals surface area contributed by atoms with Gasteiger partial charge in [0.05, 0.1) is 6.61 Å². The Morgan fingerprint density at radius 1 is 0.926 bits per heavy atom. The van der Waals surface area contributed by atoms with E-state index in [4.69, 9.17) is 9.47 Å². The molecular formula is C23H25NO3. The minimum atomic E-state index is 0.0141. The number of ether oxygens (including phenoxy) is 2. The van der Waals surface area contributed by atoms with Gasteiger partial charge in [-0.2, -0.15) is 0 Å². The number of benzene rings is 2. The first-order chi connectivity index (χ1) is 13.1. The van der Waals surface area contributed by atoms with Gasteiger partial charge in [0.25, 0.3) is 0 Å². The Hall–Kier alpha value is -2.85. The van der Waals surface area contributed by atoms with Crippen molar-refractivity contribution in [2.24, 2.45) is 0 Å². The Morgan fingerprint density at radius 3 is 2.15 bits per heavy atom. The standard InChI is InChI=1S/C23H25NO3/c1-4-11-24(3)12-6-14-27-18-8-10-20-19-9-7-17(26-13-5-2)15-21(19)23(25)22(20)16-18/h4-5,7-10,15-16H,1-2,6,11-14H2,3H3. The molecule has 2 aromatic carbocycles. The van der Waals surface area contributed by atoms with Crippen LogP contribution in [0.25, 0.3) is 11.1 Å². The van der Waals surface area contributed by atoms with Crippen LogP contribution in [-0.2, 0) is 0 Å². The zero-order chi connectivity index (χ0) is 19.2. The molecule has 0 radical (unpaired) electrons. The van der Waals surface area contributed by atoms with Crippen LogP contribution in [0.15, 0.2) is 61.7 Å². The van der Waals surface area contributed by atoms with E-state index in [1.165, 1.54) is 0 Å². The molecule has 1 aliphatic rings. The number of carbonyl (C=O) groups is 1. The van der Waals surface area contributed by atoms with Crippen molar-refractivity contribution in [3.63, 3.8) is 0 Å². The van der Waals surface area contributed by atoms with Crippen molar-refractivity contribution in [3.8, 4) is 22.6 Å². The summed E-state index contributed by atoms with van der Waals surface area (Å²) in [6.45, 7) is 10.2. The topological polar surface area (TPSA) is 38.8 Å². The Labute approximate surface area is 160 Å². The van der Waals surface area contributed by atoms with E-state index in [2.05, 4.69) is 25.1 Å². The molecule has 0 unspecified atom stereocenters.